The molecule has 0 aromatic carbocycles. The molecule has 8 atom stereocenters. The van der Waals surface area contributed by atoms with Crippen molar-refractivity contribution in [1.82, 2.24) is 0 Å². The Hall–Kier alpha value is 0.130. The molecular formula is C19H32F2O2S. The van der Waals surface area contributed by atoms with Crippen molar-refractivity contribution >= 4 is 11.8 Å². The fourth-order valence-corrected chi connectivity index (χ4v) is 6.95. The van der Waals surface area contributed by atoms with Crippen LogP contribution < -0.4 is 0 Å². The average Bonchev–Trinajstić information content (AvgIpc) is 2.96. The Labute approximate surface area is 149 Å². The van der Waals surface area contributed by atoms with Crippen molar-refractivity contribution < 1.29 is 18.3 Å². The van der Waals surface area contributed by atoms with E-state index in [1.165, 1.54) is 0 Å². The third-order valence-corrected chi connectivity index (χ3v) is 7.92. The molecule has 8 unspecified atom stereocenters. The maximum absolute atomic E-state index is 15.0. The third kappa shape index (κ3) is 3.78. The van der Waals surface area contributed by atoms with Gasteiger partial charge in [0.25, 0.3) is 0 Å². The van der Waals surface area contributed by atoms with Gasteiger partial charge in [-0.05, 0) is 50.9 Å². The van der Waals surface area contributed by atoms with E-state index in [2.05, 4.69) is 6.92 Å². The van der Waals surface area contributed by atoms with Crippen molar-refractivity contribution in [2.45, 2.75) is 93.8 Å². The van der Waals surface area contributed by atoms with Crippen LogP contribution in [0.1, 0.15) is 58.8 Å². The van der Waals surface area contributed by atoms with E-state index in [-0.39, 0.29) is 22.7 Å². The molecule has 0 radical (unpaired) electrons. The van der Waals surface area contributed by atoms with Crippen molar-refractivity contribution in [1.29, 1.82) is 0 Å². The maximum Gasteiger partial charge on any atom is 0.138 e. The van der Waals surface area contributed by atoms with Crippen LogP contribution in [0.5, 0.6) is 0 Å². The number of unbranched alkanes of at least 4 members (excludes halogenated alkanes) is 2. The molecular weight excluding hydrogens is 330 g/mol. The summed E-state index contributed by atoms with van der Waals surface area (Å²) < 4.78 is 41.3. The summed E-state index contributed by atoms with van der Waals surface area (Å²) in [7, 11) is 0. The number of thioether (sulfide) groups is 1. The molecule has 0 aromatic heterocycles. The Kier molecular flexibility index (Phi) is 6.84. The van der Waals surface area contributed by atoms with Crippen molar-refractivity contribution in [3.63, 3.8) is 0 Å². The van der Waals surface area contributed by atoms with Gasteiger partial charge in [0, 0.05) is 23.7 Å². The van der Waals surface area contributed by atoms with Crippen LogP contribution in [-0.4, -0.2) is 48.3 Å². The van der Waals surface area contributed by atoms with E-state index in [1.54, 1.807) is 11.8 Å². The molecule has 2 saturated carbocycles. The zero-order valence-corrected chi connectivity index (χ0v) is 15.8. The Morgan fingerprint density at radius 2 is 1.42 bits per heavy atom. The smallest absolute Gasteiger partial charge is 0.138 e. The quantitative estimate of drug-likeness (QED) is 0.597. The van der Waals surface area contributed by atoms with Crippen LogP contribution in [0.3, 0.4) is 0 Å². The van der Waals surface area contributed by atoms with Crippen LogP contribution in [0.25, 0.3) is 0 Å². The lowest BCUT2D eigenvalue weighted by Crippen LogP contribution is -2.45. The van der Waals surface area contributed by atoms with Gasteiger partial charge < -0.3 is 9.47 Å². The minimum Gasteiger partial charge on any atom is -0.375 e. The Morgan fingerprint density at radius 3 is 1.96 bits per heavy atom. The van der Waals surface area contributed by atoms with Gasteiger partial charge in [0.2, 0.25) is 0 Å². The van der Waals surface area contributed by atoms with Gasteiger partial charge in [0.1, 0.15) is 12.3 Å². The minimum atomic E-state index is -0.949. The summed E-state index contributed by atoms with van der Waals surface area (Å²) in [4.78, 5) is 0. The van der Waals surface area contributed by atoms with E-state index in [4.69, 9.17) is 9.47 Å². The van der Waals surface area contributed by atoms with Crippen LogP contribution >= 0.6 is 11.8 Å². The molecule has 2 aliphatic carbocycles. The molecule has 0 amide bonds. The predicted octanol–water partition coefficient (Wildman–Crippen LogP) is 4.95. The van der Waals surface area contributed by atoms with E-state index in [9.17, 15) is 4.39 Å². The first-order valence-corrected chi connectivity index (χ1v) is 10.8. The van der Waals surface area contributed by atoms with Crippen LogP contribution in [0, 0.1) is 11.8 Å². The highest BCUT2D eigenvalue weighted by Gasteiger charge is 2.56. The first kappa shape index (κ1) is 18.9. The molecule has 24 heavy (non-hydrogen) atoms. The second-order valence-electron chi connectivity index (χ2n) is 7.55. The van der Waals surface area contributed by atoms with Gasteiger partial charge in [0.05, 0.1) is 12.2 Å². The molecule has 5 heteroatoms. The summed E-state index contributed by atoms with van der Waals surface area (Å²) in [5, 5.41) is -0.161. The lowest BCUT2D eigenvalue weighted by Gasteiger charge is -2.38. The Bertz CT molecular complexity index is 398. The fraction of sp³-hybridized carbons (Fsp3) is 1.00. The van der Waals surface area contributed by atoms with Crippen molar-refractivity contribution in [3.05, 3.63) is 0 Å². The van der Waals surface area contributed by atoms with Gasteiger partial charge in [-0.3, -0.25) is 0 Å². The van der Waals surface area contributed by atoms with Crippen molar-refractivity contribution in [2.24, 2.45) is 11.8 Å². The monoisotopic (exact) mass is 362 g/mol. The summed E-state index contributed by atoms with van der Waals surface area (Å²) in [6, 6.07) is 0. The molecule has 1 heterocycles. The summed E-state index contributed by atoms with van der Waals surface area (Å²) in [6.07, 6.45) is 4.39. The molecule has 0 aromatic rings. The molecule has 140 valence electrons. The van der Waals surface area contributed by atoms with Gasteiger partial charge in [0.15, 0.2) is 0 Å². The Balaban J connectivity index is 1.58. The highest BCUT2D eigenvalue weighted by molar-refractivity contribution is 8.00. The van der Waals surface area contributed by atoms with Gasteiger partial charge in [-0.25, -0.2) is 8.78 Å². The number of alkyl halides is 2. The predicted molar refractivity (Wildman–Crippen MR) is 95.1 cm³/mol. The van der Waals surface area contributed by atoms with E-state index in [1.807, 2.05) is 6.92 Å². The summed E-state index contributed by atoms with van der Waals surface area (Å²) in [6.45, 7) is 5.28. The van der Waals surface area contributed by atoms with Gasteiger partial charge in [-0.15, -0.1) is 11.8 Å². The van der Waals surface area contributed by atoms with E-state index >= 15 is 4.39 Å². The minimum absolute atomic E-state index is 0.0800. The summed E-state index contributed by atoms with van der Waals surface area (Å²) >= 11 is 1.56. The molecule has 1 aliphatic heterocycles. The van der Waals surface area contributed by atoms with Crippen LogP contribution in [0.2, 0.25) is 0 Å². The Morgan fingerprint density at radius 1 is 0.833 bits per heavy atom. The normalized spacial score (nSPS) is 45.0. The van der Waals surface area contributed by atoms with E-state index in [0.29, 0.717) is 25.0 Å². The number of halogens is 2. The molecule has 0 spiro atoms. The molecule has 0 bridgehead atoms. The molecule has 0 N–H and O–H groups in total. The standard InChI is InChI=1S/C19H32F2O2S/c1-3-5-6-11-23-15-10-8-13-12-7-9-14(22-4-2)16(20)18(12)24-19(13)17(15)21/h12-19H,3-11H2,1-2H3. The first-order chi connectivity index (χ1) is 11.7. The number of hydrogen-bond donors (Lipinski definition) is 0. The number of rotatable bonds is 7. The lowest BCUT2D eigenvalue weighted by molar-refractivity contribution is -0.0528. The van der Waals surface area contributed by atoms with Gasteiger partial charge in [-0.2, -0.15) is 0 Å². The second kappa shape index (κ2) is 8.68. The van der Waals surface area contributed by atoms with Gasteiger partial charge in [-0.1, -0.05) is 19.8 Å². The van der Waals surface area contributed by atoms with E-state index in [0.717, 1.165) is 44.9 Å². The van der Waals surface area contributed by atoms with E-state index < -0.39 is 12.3 Å². The highest BCUT2D eigenvalue weighted by atomic mass is 32.2. The van der Waals surface area contributed by atoms with Crippen LogP contribution in [-0.2, 0) is 9.47 Å². The summed E-state index contributed by atoms with van der Waals surface area (Å²) in [5.41, 5.74) is 0. The fourth-order valence-electron chi connectivity index (χ4n) is 4.86. The van der Waals surface area contributed by atoms with Crippen molar-refractivity contribution in [2.75, 3.05) is 13.2 Å². The third-order valence-electron chi connectivity index (χ3n) is 6.08. The van der Waals surface area contributed by atoms with Crippen LogP contribution in [0.15, 0.2) is 0 Å². The van der Waals surface area contributed by atoms with Crippen LogP contribution in [0.4, 0.5) is 8.78 Å². The molecule has 3 rings (SSSR count). The maximum atomic E-state index is 15.0. The zero-order chi connectivity index (χ0) is 17.1. The van der Waals surface area contributed by atoms with Crippen molar-refractivity contribution in [3.8, 4) is 0 Å². The SMILES string of the molecule is CCCCCOC1CCC2C3CCC(OCC)C(F)C3SC2C1F. The zero-order valence-electron chi connectivity index (χ0n) is 15.0. The molecule has 3 aliphatic rings. The topological polar surface area (TPSA) is 18.5 Å². The number of hydrogen-bond acceptors (Lipinski definition) is 3. The number of ether oxygens (including phenoxy) is 2. The first-order valence-electron chi connectivity index (χ1n) is 9.84. The second-order valence-corrected chi connectivity index (χ2v) is 8.91. The molecule has 3 fully saturated rings. The largest absolute Gasteiger partial charge is 0.375 e. The molecule has 2 nitrogen and oxygen atoms in total. The highest BCUT2D eigenvalue weighted by Crippen LogP contribution is 2.56. The lowest BCUT2D eigenvalue weighted by atomic mass is 9.71. The summed E-state index contributed by atoms with van der Waals surface area (Å²) in [5.74, 6) is 0.650. The molecule has 1 saturated heterocycles. The average molecular weight is 363 g/mol. The number of fused-ring (bicyclic) bond motifs is 3. The van der Waals surface area contributed by atoms with Gasteiger partial charge >= 0.3 is 0 Å².